The van der Waals surface area contributed by atoms with Gasteiger partial charge in [0, 0.05) is 56.1 Å². The second kappa shape index (κ2) is 7.32. The molecule has 1 aromatic rings. The van der Waals surface area contributed by atoms with Gasteiger partial charge in [0.15, 0.2) is 5.13 Å². The molecule has 4 saturated carbocycles. The molecule has 0 aromatic carbocycles. The molecule has 0 atom stereocenters. The van der Waals surface area contributed by atoms with Crippen molar-refractivity contribution in [1.29, 1.82) is 0 Å². The van der Waals surface area contributed by atoms with Gasteiger partial charge in [-0.1, -0.05) is 0 Å². The number of nitrogens with one attached hydrogen (secondary N) is 1. The summed E-state index contributed by atoms with van der Waals surface area (Å²) < 4.78 is 0. The number of thiazole rings is 1. The largest absolute Gasteiger partial charge is 0.355 e. The third-order valence-corrected chi connectivity index (χ3v) is 8.30. The summed E-state index contributed by atoms with van der Waals surface area (Å²) in [7, 11) is 0. The Morgan fingerprint density at radius 2 is 1.71 bits per heavy atom. The Bertz CT molecular complexity index is 691. The molecular weight excluding hydrogens is 372 g/mol. The van der Waals surface area contributed by atoms with E-state index >= 15 is 0 Å². The van der Waals surface area contributed by atoms with Crippen molar-refractivity contribution in [2.45, 2.75) is 44.9 Å². The van der Waals surface area contributed by atoms with Gasteiger partial charge in [-0.05, 0) is 56.3 Å². The molecule has 0 unspecified atom stereocenters. The zero-order valence-electron chi connectivity index (χ0n) is 16.4. The normalized spacial score (nSPS) is 33.9. The summed E-state index contributed by atoms with van der Waals surface area (Å²) in [5, 5.41) is 6.16. The first kappa shape index (κ1) is 18.4. The van der Waals surface area contributed by atoms with Crippen molar-refractivity contribution in [2.75, 3.05) is 37.6 Å². The van der Waals surface area contributed by atoms with E-state index in [0.717, 1.165) is 68.3 Å². The molecule has 6 rings (SSSR count). The number of hydrogen-bond donors (Lipinski definition) is 1. The molecule has 4 aliphatic carbocycles. The minimum atomic E-state index is -0.114. The van der Waals surface area contributed by atoms with Gasteiger partial charge in [0.05, 0.1) is 0 Å². The van der Waals surface area contributed by atoms with Crippen LogP contribution in [0.5, 0.6) is 0 Å². The summed E-state index contributed by atoms with van der Waals surface area (Å²) in [5.74, 6) is 2.70. The smallest absolute Gasteiger partial charge is 0.226 e. The molecule has 1 aromatic heterocycles. The fourth-order valence-corrected chi connectivity index (χ4v) is 7.23. The van der Waals surface area contributed by atoms with Crippen molar-refractivity contribution in [1.82, 2.24) is 15.2 Å². The number of aromatic nitrogens is 1. The van der Waals surface area contributed by atoms with Crippen LogP contribution in [-0.4, -0.2) is 54.4 Å². The van der Waals surface area contributed by atoms with Gasteiger partial charge in [-0.25, -0.2) is 4.98 Å². The van der Waals surface area contributed by atoms with Gasteiger partial charge in [-0.2, -0.15) is 0 Å². The monoisotopic (exact) mass is 402 g/mol. The van der Waals surface area contributed by atoms with E-state index in [1.807, 2.05) is 16.5 Å². The molecule has 2 amide bonds. The zero-order valence-corrected chi connectivity index (χ0v) is 17.3. The molecule has 2 heterocycles. The first-order valence-electron chi connectivity index (χ1n) is 10.8. The van der Waals surface area contributed by atoms with E-state index in [1.54, 1.807) is 11.3 Å². The summed E-state index contributed by atoms with van der Waals surface area (Å²) in [6, 6.07) is 0. The molecule has 5 fully saturated rings. The number of hydrogen-bond acceptors (Lipinski definition) is 5. The summed E-state index contributed by atoms with van der Waals surface area (Å²) in [6.07, 6.45) is 9.51. The molecule has 1 saturated heterocycles. The lowest BCUT2D eigenvalue weighted by Crippen LogP contribution is -2.54. The molecule has 28 heavy (non-hydrogen) atoms. The number of carbonyl (C=O) groups is 2. The van der Waals surface area contributed by atoms with Crippen LogP contribution in [0.3, 0.4) is 0 Å². The molecule has 4 bridgehead atoms. The van der Waals surface area contributed by atoms with Crippen molar-refractivity contribution >= 4 is 28.3 Å². The highest BCUT2D eigenvalue weighted by molar-refractivity contribution is 7.13. The molecule has 1 aliphatic heterocycles. The Labute approximate surface area is 170 Å². The number of nitrogens with zero attached hydrogens (tertiary/aromatic N) is 3. The summed E-state index contributed by atoms with van der Waals surface area (Å²) >= 11 is 1.64. The van der Waals surface area contributed by atoms with Gasteiger partial charge >= 0.3 is 0 Å². The highest BCUT2D eigenvalue weighted by atomic mass is 32.1. The van der Waals surface area contributed by atoms with Gasteiger partial charge < -0.3 is 15.1 Å². The maximum Gasteiger partial charge on any atom is 0.226 e. The summed E-state index contributed by atoms with van der Waals surface area (Å²) in [6.45, 7) is 3.62. The Morgan fingerprint density at radius 3 is 2.29 bits per heavy atom. The molecular formula is C21H30N4O2S. The fourth-order valence-electron chi connectivity index (χ4n) is 6.54. The Balaban J connectivity index is 1.08. The molecule has 7 heteroatoms. The first-order valence-corrected chi connectivity index (χ1v) is 11.7. The van der Waals surface area contributed by atoms with Crippen LogP contribution in [0, 0.1) is 23.2 Å². The Hall–Kier alpha value is -1.63. The minimum absolute atomic E-state index is 0.114. The third-order valence-electron chi connectivity index (χ3n) is 7.47. The molecule has 1 N–H and O–H groups in total. The maximum atomic E-state index is 13.0. The van der Waals surface area contributed by atoms with E-state index in [4.69, 9.17) is 0 Å². The third kappa shape index (κ3) is 3.42. The van der Waals surface area contributed by atoms with Gasteiger partial charge in [0.2, 0.25) is 11.8 Å². The number of piperazine rings is 1. The lowest BCUT2D eigenvalue weighted by atomic mass is 9.49. The van der Waals surface area contributed by atoms with Crippen LogP contribution >= 0.6 is 11.3 Å². The van der Waals surface area contributed by atoms with Crippen LogP contribution in [-0.2, 0) is 9.59 Å². The van der Waals surface area contributed by atoms with Crippen LogP contribution in [0.1, 0.15) is 44.9 Å². The maximum absolute atomic E-state index is 13.0. The minimum Gasteiger partial charge on any atom is -0.355 e. The van der Waals surface area contributed by atoms with E-state index in [2.05, 4.69) is 15.2 Å². The van der Waals surface area contributed by atoms with Crippen molar-refractivity contribution in [2.24, 2.45) is 23.2 Å². The molecule has 0 spiro atoms. The van der Waals surface area contributed by atoms with E-state index in [9.17, 15) is 9.59 Å². The lowest BCUT2D eigenvalue weighted by molar-refractivity contribution is -0.146. The van der Waals surface area contributed by atoms with Crippen molar-refractivity contribution in [3.8, 4) is 0 Å². The van der Waals surface area contributed by atoms with E-state index in [0.29, 0.717) is 13.0 Å². The van der Waals surface area contributed by atoms with Crippen LogP contribution in [0.2, 0.25) is 0 Å². The number of rotatable bonds is 5. The number of amides is 2. The number of anilines is 1. The Morgan fingerprint density at radius 1 is 1.07 bits per heavy atom. The fraction of sp³-hybridized carbons (Fsp3) is 0.762. The molecule has 5 aliphatic rings. The van der Waals surface area contributed by atoms with E-state index < -0.39 is 0 Å². The quantitative estimate of drug-likeness (QED) is 0.822. The Kier molecular flexibility index (Phi) is 4.81. The van der Waals surface area contributed by atoms with Crippen LogP contribution in [0.25, 0.3) is 0 Å². The van der Waals surface area contributed by atoms with Crippen LogP contribution < -0.4 is 10.2 Å². The zero-order chi connectivity index (χ0) is 19.1. The standard InChI is InChI=1S/C21H30N4O2S/c26-18(24-4-6-25(7-5-24)20-23-3-8-28-20)1-2-22-19(27)21-12-15-9-16(13-21)11-17(10-15)14-21/h3,8,15-17H,1-2,4-7,9-14H2,(H,22,27). The van der Waals surface area contributed by atoms with Gasteiger partial charge in [0.25, 0.3) is 0 Å². The first-order chi connectivity index (χ1) is 13.6. The topological polar surface area (TPSA) is 65.5 Å². The highest BCUT2D eigenvalue weighted by Crippen LogP contribution is 2.60. The van der Waals surface area contributed by atoms with Crippen molar-refractivity contribution < 1.29 is 9.59 Å². The predicted octanol–water partition coefficient (Wildman–Crippen LogP) is 2.51. The van der Waals surface area contributed by atoms with Crippen LogP contribution in [0.4, 0.5) is 5.13 Å². The van der Waals surface area contributed by atoms with Crippen molar-refractivity contribution in [3.63, 3.8) is 0 Å². The van der Waals surface area contributed by atoms with Gasteiger partial charge in [-0.15, -0.1) is 11.3 Å². The number of carbonyl (C=O) groups excluding carboxylic acids is 2. The van der Waals surface area contributed by atoms with Crippen molar-refractivity contribution in [3.05, 3.63) is 11.6 Å². The predicted molar refractivity (Wildman–Crippen MR) is 109 cm³/mol. The van der Waals surface area contributed by atoms with E-state index in [-0.39, 0.29) is 17.2 Å². The SMILES string of the molecule is O=C(CCNC(=O)C12CC3CC(CC(C3)C1)C2)N1CCN(c2nccs2)CC1. The van der Waals surface area contributed by atoms with E-state index in [1.165, 1.54) is 19.3 Å². The average Bonchev–Trinajstić information content (AvgIpc) is 3.22. The molecule has 152 valence electrons. The highest BCUT2D eigenvalue weighted by Gasteiger charge is 2.54. The second-order valence-electron chi connectivity index (χ2n) is 9.39. The van der Waals surface area contributed by atoms with Gasteiger partial charge in [-0.3, -0.25) is 9.59 Å². The second-order valence-corrected chi connectivity index (χ2v) is 10.3. The van der Waals surface area contributed by atoms with Crippen LogP contribution in [0.15, 0.2) is 11.6 Å². The summed E-state index contributed by atoms with van der Waals surface area (Å²) in [5.41, 5.74) is -0.114. The molecule has 0 radical (unpaired) electrons. The van der Waals surface area contributed by atoms with Gasteiger partial charge in [0.1, 0.15) is 0 Å². The lowest BCUT2D eigenvalue weighted by Gasteiger charge is -2.55. The molecule has 6 nitrogen and oxygen atoms in total. The summed E-state index contributed by atoms with van der Waals surface area (Å²) in [4.78, 5) is 34.1. The average molecular weight is 403 g/mol.